The quantitative estimate of drug-likeness (QED) is 0.0783. The Hall–Kier alpha value is -16.7. The highest BCUT2D eigenvalue weighted by Crippen LogP contribution is 2.39. The van der Waals surface area contributed by atoms with Gasteiger partial charge in [-0.3, -0.25) is 9.97 Å². The molecule has 0 bridgehead atoms. The number of benzene rings is 10. The summed E-state index contributed by atoms with van der Waals surface area (Å²) in [6.07, 6.45) is 3.55. The van der Waals surface area contributed by atoms with E-state index in [-0.39, 0.29) is 0 Å². The zero-order valence-electron chi connectivity index (χ0n) is 64.4. The molecule has 0 spiro atoms. The molecule has 16 nitrogen and oxygen atoms in total. The fourth-order valence-electron chi connectivity index (χ4n) is 14.1. The van der Waals surface area contributed by atoms with Crippen molar-refractivity contribution in [2.75, 3.05) is 0 Å². The molecule has 0 aliphatic heterocycles. The van der Waals surface area contributed by atoms with E-state index in [0.29, 0.717) is 92.1 Å². The molecule has 0 aliphatic carbocycles. The van der Waals surface area contributed by atoms with Crippen LogP contribution in [0.5, 0.6) is 0 Å². The third-order valence-corrected chi connectivity index (χ3v) is 20.0. The first kappa shape index (κ1) is 73.5. The minimum atomic E-state index is 0.516. The van der Waals surface area contributed by atoms with Gasteiger partial charge in [-0.2, -0.15) is 0 Å². The maximum atomic E-state index is 5.18. The van der Waals surface area contributed by atoms with Crippen LogP contribution in [0.15, 0.2) is 413 Å². The van der Waals surface area contributed by atoms with Crippen molar-refractivity contribution in [2.45, 2.75) is 0 Å². The summed E-state index contributed by atoms with van der Waals surface area (Å²) in [5.74, 6) is 4.56. The van der Waals surface area contributed by atoms with Crippen LogP contribution in [0.1, 0.15) is 0 Å². The van der Waals surface area contributed by atoms with Gasteiger partial charge in [0.15, 0.2) is 46.6 Å². The second-order valence-corrected chi connectivity index (χ2v) is 28.1. The van der Waals surface area contributed by atoms with Gasteiger partial charge in [0, 0.05) is 68.0 Å². The van der Waals surface area contributed by atoms with Crippen molar-refractivity contribution in [3.63, 3.8) is 0 Å². The number of rotatable bonds is 18. The highest BCUT2D eigenvalue weighted by atomic mass is 15.0. The van der Waals surface area contributed by atoms with Gasteiger partial charge >= 0.3 is 0 Å². The van der Waals surface area contributed by atoms with Crippen LogP contribution in [0.25, 0.3) is 204 Å². The Balaban J connectivity index is 0.000000159. The highest BCUT2D eigenvalue weighted by molar-refractivity contribution is 5.86. The van der Waals surface area contributed by atoms with E-state index in [9.17, 15) is 0 Å². The number of aromatic nitrogens is 16. The lowest BCUT2D eigenvalue weighted by Crippen LogP contribution is -2.01. The summed E-state index contributed by atoms with van der Waals surface area (Å²) < 4.78 is 0. The average Bonchev–Trinajstić information content (AvgIpc) is 0.762. The van der Waals surface area contributed by atoms with Crippen molar-refractivity contribution in [1.82, 2.24) is 79.7 Å². The number of hydrogen-bond acceptors (Lipinski definition) is 16. The summed E-state index contributed by atoms with van der Waals surface area (Å²) in [5, 5.41) is 0. The topological polar surface area (TPSA) is 206 Å². The first-order valence-corrected chi connectivity index (χ1v) is 39.2. The normalized spacial score (nSPS) is 11.0. The van der Waals surface area contributed by atoms with Crippen molar-refractivity contribution in [3.05, 3.63) is 413 Å². The number of hydrogen-bond donors (Lipinski definition) is 0. The molecule has 0 aliphatic rings. The molecule has 0 unspecified atom stereocenters. The van der Waals surface area contributed by atoms with Gasteiger partial charge in [-0.15, -0.1) is 0 Å². The molecule has 20 aromatic rings. The summed E-state index contributed by atoms with van der Waals surface area (Å²) in [7, 11) is 0. The molecular formula is C104H68N16. The Labute approximate surface area is 692 Å². The van der Waals surface area contributed by atoms with Crippen molar-refractivity contribution < 1.29 is 0 Å². The molecule has 0 radical (unpaired) electrons. The predicted molar refractivity (Wildman–Crippen MR) is 475 cm³/mol. The molecular weight excluding hydrogens is 1470 g/mol. The van der Waals surface area contributed by atoms with Crippen molar-refractivity contribution >= 4 is 0 Å². The molecule has 0 atom stereocenters. The predicted octanol–water partition coefficient (Wildman–Crippen LogP) is 23.7. The first-order valence-electron chi connectivity index (χ1n) is 39.2. The Morgan fingerprint density at radius 3 is 0.725 bits per heavy atom. The van der Waals surface area contributed by atoms with E-state index in [2.05, 4.69) is 102 Å². The van der Waals surface area contributed by atoms with Gasteiger partial charge in [-0.1, -0.05) is 309 Å². The summed E-state index contributed by atoms with van der Waals surface area (Å²) in [6, 6.07) is 133. The molecule has 0 saturated carbocycles. The molecule has 0 N–H and O–H groups in total. The molecule has 10 heterocycles. The lowest BCUT2D eigenvalue weighted by atomic mass is 9.97. The second kappa shape index (κ2) is 34.1. The van der Waals surface area contributed by atoms with E-state index in [1.165, 1.54) is 0 Å². The van der Waals surface area contributed by atoms with E-state index in [0.717, 1.165) is 112 Å². The zero-order chi connectivity index (χ0) is 80.2. The molecule has 10 aromatic carbocycles. The molecule has 0 fully saturated rings. The van der Waals surface area contributed by atoms with Gasteiger partial charge in [0.2, 0.25) is 0 Å². The Morgan fingerprint density at radius 2 is 0.367 bits per heavy atom. The third-order valence-electron chi connectivity index (χ3n) is 20.0. The lowest BCUT2D eigenvalue weighted by Gasteiger charge is -2.14. The zero-order valence-corrected chi connectivity index (χ0v) is 64.4. The fraction of sp³-hybridized carbons (Fsp3) is 0. The van der Waals surface area contributed by atoms with Gasteiger partial charge in [0.25, 0.3) is 0 Å². The van der Waals surface area contributed by atoms with E-state index < -0.39 is 0 Å². The van der Waals surface area contributed by atoms with E-state index in [1.54, 1.807) is 12.4 Å². The summed E-state index contributed by atoms with van der Waals surface area (Å²) in [6.45, 7) is 0. The van der Waals surface area contributed by atoms with Gasteiger partial charge in [-0.05, 0) is 113 Å². The largest absolute Gasteiger partial charge is 0.255 e. The molecule has 120 heavy (non-hydrogen) atoms. The maximum absolute atomic E-state index is 5.18. The SMILES string of the molecule is c1ccc(-c2cc(-c3ccccc3)nc(-c3cccc(-c4cc(-c5cccc(-c6nc(-c7ccccc7)nc(-c7ccccc7)n6)c5)cc(-c5ccccn5)n4)n3)n2)cc1.c1ccc(-c2cc(-c3ccccc3)nc(-c3cccc(-c4cc(-c5ccccc5-c5nc(-c6ccccc6)nc(-c6ccccc6)n5)cc(-c5ccccn5)n4)n3)n2)cc1. The smallest absolute Gasteiger partial charge is 0.179 e. The second-order valence-electron chi connectivity index (χ2n) is 28.1. The minimum absolute atomic E-state index is 0.516. The van der Waals surface area contributed by atoms with Crippen LogP contribution >= 0.6 is 0 Å². The molecule has 0 saturated heterocycles. The van der Waals surface area contributed by atoms with Crippen LogP contribution in [0.3, 0.4) is 0 Å². The Morgan fingerprint density at radius 1 is 0.108 bits per heavy atom. The number of nitrogens with zero attached hydrogens (tertiary/aromatic N) is 16. The standard InChI is InChI=1S/2C52H34N8/c1-5-17-35(18-6-1)45-34-46(36-19-7-2-8-20-36)57-52(56-45)44-29-16-28-43(54-44)48-33-41(32-47(55-48)42-27-13-14-30-53-42)39-25-15-26-40(31-39)51-59-49(37-21-9-3-10-22-37)58-50(60-51)38-23-11-4-12-24-38;1-5-18-35(19-6-1)45-34-46(36-20-7-2-8-21-36)57-52(56-45)44-30-17-29-43(54-44)48-33-39(32-47(55-48)42-28-15-16-31-53-42)40-26-13-14-27-41(40)51-59-49(37-22-9-3-10-23-37)58-50(60-51)38-24-11-4-12-25-38/h2*1-34H. The van der Waals surface area contributed by atoms with E-state index in [4.69, 9.17) is 74.8 Å². The van der Waals surface area contributed by atoms with Crippen molar-refractivity contribution in [1.29, 1.82) is 0 Å². The molecule has 564 valence electrons. The summed E-state index contributed by atoms with van der Waals surface area (Å²) >= 11 is 0. The van der Waals surface area contributed by atoms with Gasteiger partial charge in [0.05, 0.1) is 68.3 Å². The summed E-state index contributed by atoms with van der Waals surface area (Å²) in [5.41, 5.74) is 23.1. The lowest BCUT2D eigenvalue weighted by molar-refractivity contribution is 1.07. The van der Waals surface area contributed by atoms with E-state index in [1.807, 2.05) is 303 Å². The van der Waals surface area contributed by atoms with Gasteiger partial charge in [0.1, 0.15) is 11.4 Å². The Bertz CT molecular complexity index is 6570. The van der Waals surface area contributed by atoms with Crippen LogP contribution in [0, 0.1) is 0 Å². The van der Waals surface area contributed by atoms with Crippen LogP contribution < -0.4 is 0 Å². The van der Waals surface area contributed by atoms with E-state index >= 15 is 0 Å². The molecule has 20 rings (SSSR count). The van der Waals surface area contributed by atoms with Crippen molar-refractivity contribution in [3.8, 4) is 204 Å². The van der Waals surface area contributed by atoms with Gasteiger partial charge < -0.3 is 0 Å². The first-order chi connectivity index (χ1) is 59.4. The molecule has 16 heteroatoms. The highest BCUT2D eigenvalue weighted by Gasteiger charge is 2.22. The molecule has 10 aromatic heterocycles. The monoisotopic (exact) mass is 1540 g/mol. The maximum Gasteiger partial charge on any atom is 0.179 e. The van der Waals surface area contributed by atoms with Gasteiger partial charge in [-0.25, -0.2) is 69.8 Å². The average molecular weight is 1540 g/mol. The summed E-state index contributed by atoms with van der Waals surface area (Å²) in [4.78, 5) is 80.1. The fourth-order valence-corrected chi connectivity index (χ4v) is 14.1. The molecule has 0 amide bonds. The van der Waals surface area contributed by atoms with Crippen LogP contribution in [0.2, 0.25) is 0 Å². The van der Waals surface area contributed by atoms with Crippen molar-refractivity contribution in [2.24, 2.45) is 0 Å². The Kier molecular flexibility index (Phi) is 20.9. The third kappa shape index (κ3) is 16.5. The van der Waals surface area contributed by atoms with Crippen LogP contribution in [-0.2, 0) is 0 Å². The van der Waals surface area contributed by atoms with Crippen LogP contribution in [-0.4, -0.2) is 79.7 Å². The minimum Gasteiger partial charge on any atom is -0.255 e. The van der Waals surface area contributed by atoms with Crippen LogP contribution in [0.4, 0.5) is 0 Å². The number of pyridine rings is 6.